The quantitative estimate of drug-likeness (QED) is 0.792. The Morgan fingerprint density at radius 2 is 1.81 bits per heavy atom. The molecule has 8 heteroatoms. The van der Waals surface area contributed by atoms with Gasteiger partial charge in [0, 0.05) is 25.1 Å². The third-order valence-electron chi connectivity index (χ3n) is 5.37. The van der Waals surface area contributed by atoms with Gasteiger partial charge < -0.3 is 19.8 Å². The number of nitrogens with zero attached hydrogens (tertiary/aromatic N) is 1. The number of amides is 1. The highest BCUT2D eigenvalue weighted by Gasteiger charge is 2.49. The number of hydrogen-bond donors (Lipinski definition) is 2. The van der Waals surface area contributed by atoms with Crippen molar-refractivity contribution in [2.45, 2.75) is 49.7 Å². The standard InChI is InChI=1S/C18H22F3NO4/c1-16(25)11-17(26-10-14(16)23)6-8-22(9-7-17)15(24)12-2-4-13(5-3-12)18(19,20)21/h2-5,14,23,25H,6-11H2,1H3/t14-,16-/m0/s1. The van der Waals surface area contributed by atoms with Crippen LogP contribution in [0, 0.1) is 0 Å². The fraction of sp³-hybridized carbons (Fsp3) is 0.611. The Bertz CT molecular complexity index is 664. The molecule has 0 saturated carbocycles. The summed E-state index contributed by atoms with van der Waals surface area (Å²) in [6, 6.07) is 4.19. The predicted octanol–water partition coefficient (Wildman–Crippen LogP) is 2.21. The minimum Gasteiger partial charge on any atom is -0.388 e. The second-order valence-electron chi connectivity index (χ2n) is 7.41. The van der Waals surface area contributed by atoms with Gasteiger partial charge in [0.1, 0.15) is 6.10 Å². The molecule has 0 radical (unpaired) electrons. The molecule has 2 fully saturated rings. The molecule has 2 N–H and O–H groups in total. The molecule has 144 valence electrons. The van der Waals surface area contributed by atoms with Crippen LogP contribution in [0.4, 0.5) is 13.2 Å². The van der Waals surface area contributed by atoms with E-state index in [4.69, 9.17) is 4.74 Å². The number of aliphatic hydroxyl groups is 2. The van der Waals surface area contributed by atoms with E-state index in [0.717, 1.165) is 12.1 Å². The molecule has 2 heterocycles. The first kappa shape index (κ1) is 19.1. The largest absolute Gasteiger partial charge is 0.416 e. The molecule has 2 saturated heterocycles. The zero-order chi connectivity index (χ0) is 19.2. The molecular formula is C18H22F3NO4. The molecule has 2 atom stereocenters. The summed E-state index contributed by atoms with van der Waals surface area (Å²) in [6.07, 6.45) is -4.09. The fourth-order valence-corrected chi connectivity index (χ4v) is 3.68. The molecule has 0 aromatic heterocycles. The summed E-state index contributed by atoms with van der Waals surface area (Å²) >= 11 is 0. The second-order valence-corrected chi connectivity index (χ2v) is 7.41. The lowest BCUT2D eigenvalue weighted by Gasteiger charge is -2.49. The topological polar surface area (TPSA) is 70.0 Å². The number of carbonyl (C=O) groups excluding carboxylic acids is 1. The van der Waals surface area contributed by atoms with E-state index in [2.05, 4.69) is 0 Å². The van der Waals surface area contributed by atoms with Crippen LogP contribution in [-0.2, 0) is 10.9 Å². The van der Waals surface area contributed by atoms with E-state index in [0.29, 0.717) is 25.9 Å². The van der Waals surface area contributed by atoms with Gasteiger partial charge in [0.2, 0.25) is 0 Å². The molecule has 3 rings (SSSR count). The molecule has 1 aromatic rings. The van der Waals surface area contributed by atoms with Gasteiger partial charge in [0.05, 0.1) is 23.4 Å². The molecule has 2 aliphatic heterocycles. The van der Waals surface area contributed by atoms with Crippen LogP contribution in [0.25, 0.3) is 0 Å². The monoisotopic (exact) mass is 373 g/mol. The van der Waals surface area contributed by atoms with E-state index in [1.165, 1.54) is 12.1 Å². The molecule has 1 spiro atoms. The number of carbonyl (C=O) groups is 1. The summed E-state index contributed by atoms with van der Waals surface area (Å²) in [7, 11) is 0. The van der Waals surface area contributed by atoms with Crippen LogP contribution < -0.4 is 0 Å². The van der Waals surface area contributed by atoms with Crippen molar-refractivity contribution < 1.29 is 32.9 Å². The maximum Gasteiger partial charge on any atom is 0.416 e. The van der Waals surface area contributed by atoms with E-state index in [1.54, 1.807) is 11.8 Å². The predicted molar refractivity (Wildman–Crippen MR) is 86.5 cm³/mol. The van der Waals surface area contributed by atoms with Crippen molar-refractivity contribution in [2.24, 2.45) is 0 Å². The normalized spacial score (nSPS) is 29.0. The summed E-state index contributed by atoms with van der Waals surface area (Å²) < 4.78 is 43.6. The van der Waals surface area contributed by atoms with E-state index < -0.39 is 29.0 Å². The van der Waals surface area contributed by atoms with Crippen molar-refractivity contribution in [3.8, 4) is 0 Å². The van der Waals surface area contributed by atoms with Crippen LogP contribution in [0.2, 0.25) is 0 Å². The van der Waals surface area contributed by atoms with Crippen molar-refractivity contribution in [1.82, 2.24) is 4.90 Å². The SMILES string of the molecule is C[C@]1(O)CC2(CCN(C(=O)c3ccc(C(F)(F)F)cc3)CC2)OC[C@@H]1O. The smallest absolute Gasteiger partial charge is 0.388 e. The van der Waals surface area contributed by atoms with Gasteiger partial charge >= 0.3 is 6.18 Å². The molecule has 1 amide bonds. The minimum atomic E-state index is -4.43. The van der Waals surface area contributed by atoms with Crippen molar-refractivity contribution in [3.63, 3.8) is 0 Å². The zero-order valence-electron chi connectivity index (χ0n) is 14.4. The average Bonchev–Trinajstić information content (AvgIpc) is 2.58. The number of likely N-dealkylation sites (tertiary alicyclic amines) is 1. The summed E-state index contributed by atoms with van der Waals surface area (Å²) in [6.45, 7) is 2.37. The first-order valence-electron chi connectivity index (χ1n) is 8.53. The number of piperidine rings is 1. The average molecular weight is 373 g/mol. The molecule has 26 heavy (non-hydrogen) atoms. The van der Waals surface area contributed by atoms with Gasteiger partial charge in [-0.3, -0.25) is 4.79 Å². The van der Waals surface area contributed by atoms with Crippen LogP contribution >= 0.6 is 0 Å². The van der Waals surface area contributed by atoms with Crippen molar-refractivity contribution in [3.05, 3.63) is 35.4 Å². The van der Waals surface area contributed by atoms with E-state index in [1.807, 2.05) is 0 Å². The van der Waals surface area contributed by atoms with Gasteiger partial charge in [-0.25, -0.2) is 0 Å². The van der Waals surface area contributed by atoms with Gasteiger partial charge in [0.15, 0.2) is 0 Å². The van der Waals surface area contributed by atoms with E-state index in [9.17, 15) is 28.2 Å². The van der Waals surface area contributed by atoms with Crippen LogP contribution in [0.15, 0.2) is 24.3 Å². The molecule has 0 unspecified atom stereocenters. The van der Waals surface area contributed by atoms with E-state index >= 15 is 0 Å². The third-order valence-corrected chi connectivity index (χ3v) is 5.37. The molecule has 5 nitrogen and oxygen atoms in total. The fourth-order valence-electron chi connectivity index (χ4n) is 3.68. The minimum absolute atomic E-state index is 0.0415. The first-order chi connectivity index (χ1) is 12.0. The lowest BCUT2D eigenvalue weighted by molar-refractivity contribution is -0.221. The summed E-state index contributed by atoms with van der Waals surface area (Å²) in [5.41, 5.74) is -2.40. The number of aliphatic hydroxyl groups excluding tert-OH is 1. The van der Waals surface area contributed by atoms with Gasteiger partial charge in [-0.05, 0) is 44.0 Å². The third kappa shape index (κ3) is 3.72. The van der Waals surface area contributed by atoms with Gasteiger partial charge in [0.25, 0.3) is 5.91 Å². The van der Waals surface area contributed by atoms with Gasteiger partial charge in [-0.15, -0.1) is 0 Å². The molecule has 2 aliphatic rings. The number of hydrogen-bond acceptors (Lipinski definition) is 4. The Balaban J connectivity index is 1.64. The number of benzene rings is 1. The lowest BCUT2D eigenvalue weighted by atomic mass is 9.76. The maximum atomic E-state index is 12.6. The second kappa shape index (κ2) is 6.51. The number of rotatable bonds is 1. The lowest BCUT2D eigenvalue weighted by Crippen LogP contribution is -2.59. The summed E-state index contributed by atoms with van der Waals surface area (Å²) in [5, 5.41) is 20.1. The Morgan fingerprint density at radius 3 is 2.31 bits per heavy atom. The molecule has 0 aliphatic carbocycles. The summed E-state index contributed by atoms with van der Waals surface area (Å²) in [4.78, 5) is 14.1. The molecule has 0 bridgehead atoms. The Kier molecular flexibility index (Phi) is 4.79. The van der Waals surface area contributed by atoms with Crippen LogP contribution in [0.3, 0.4) is 0 Å². The molecular weight excluding hydrogens is 351 g/mol. The summed E-state index contributed by atoms with van der Waals surface area (Å²) in [5.74, 6) is -0.323. The maximum absolute atomic E-state index is 12.6. The van der Waals surface area contributed by atoms with Crippen molar-refractivity contribution >= 4 is 5.91 Å². The highest BCUT2D eigenvalue weighted by molar-refractivity contribution is 5.94. The first-order valence-corrected chi connectivity index (χ1v) is 8.53. The Labute approximate surface area is 149 Å². The highest BCUT2D eigenvalue weighted by Crippen LogP contribution is 2.39. The zero-order valence-corrected chi connectivity index (χ0v) is 14.4. The highest BCUT2D eigenvalue weighted by atomic mass is 19.4. The van der Waals surface area contributed by atoms with Gasteiger partial charge in [-0.1, -0.05) is 0 Å². The van der Waals surface area contributed by atoms with Crippen LogP contribution in [-0.4, -0.2) is 58.0 Å². The van der Waals surface area contributed by atoms with Crippen LogP contribution in [0.5, 0.6) is 0 Å². The van der Waals surface area contributed by atoms with Crippen molar-refractivity contribution in [2.75, 3.05) is 19.7 Å². The van der Waals surface area contributed by atoms with E-state index in [-0.39, 0.29) is 24.5 Å². The van der Waals surface area contributed by atoms with Crippen LogP contribution in [0.1, 0.15) is 42.1 Å². The van der Waals surface area contributed by atoms with Gasteiger partial charge in [-0.2, -0.15) is 13.2 Å². The number of ether oxygens (including phenoxy) is 1. The Morgan fingerprint density at radius 1 is 1.23 bits per heavy atom. The number of alkyl halides is 3. The molecule has 1 aromatic carbocycles. The Hall–Kier alpha value is -1.64. The van der Waals surface area contributed by atoms with Crippen molar-refractivity contribution in [1.29, 1.82) is 0 Å². The number of halogens is 3.